The van der Waals surface area contributed by atoms with E-state index in [0.29, 0.717) is 17.8 Å². The minimum Gasteiger partial charge on any atom is -0.326 e. The van der Waals surface area contributed by atoms with Crippen molar-refractivity contribution in [3.63, 3.8) is 0 Å². The molecule has 0 aliphatic rings. The van der Waals surface area contributed by atoms with Gasteiger partial charge in [0, 0.05) is 11.3 Å². The summed E-state index contributed by atoms with van der Waals surface area (Å²) in [5.41, 5.74) is 2.51. The lowest BCUT2D eigenvalue weighted by Crippen LogP contribution is -3.08. The fourth-order valence-corrected chi connectivity index (χ4v) is 2.11. The van der Waals surface area contributed by atoms with Crippen LogP contribution in [-0.2, 0) is 11.3 Å². The summed E-state index contributed by atoms with van der Waals surface area (Å²) >= 11 is 0. The monoisotopic (exact) mass is 280 g/mol. The predicted molar refractivity (Wildman–Crippen MR) is 81.7 cm³/mol. The van der Waals surface area contributed by atoms with Crippen LogP contribution in [0.3, 0.4) is 0 Å². The maximum Gasteiger partial charge on any atom is 0.279 e. The lowest BCUT2D eigenvalue weighted by Gasteiger charge is -2.14. The van der Waals surface area contributed by atoms with Gasteiger partial charge in [0.15, 0.2) is 6.54 Å². The van der Waals surface area contributed by atoms with E-state index in [1.54, 1.807) is 24.3 Å². The zero-order valence-electron chi connectivity index (χ0n) is 12.0. The molecule has 4 nitrogen and oxygen atoms in total. The summed E-state index contributed by atoms with van der Waals surface area (Å²) in [5.74, 6) is -0.0341. The number of carbonyl (C=O) groups is 1. The van der Waals surface area contributed by atoms with Gasteiger partial charge in [0.2, 0.25) is 0 Å². The fourth-order valence-electron chi connectivity index (χ4n) is 2.11. The highest BCUT2D eigenvalue weighted by molar-refractivity contribution is 5.91. The van der Waals surface area contributed by atoms with Crippen molar-refractivity contribution in [2.24, 2.45) is 0 Å². The number of hydrogen-bond acceptors (Lipinski definition) is 2. The molecule has 0 spiro atoms. The molecule has 0 saturated heterocycles. The van der Waals surface area contributed by atoms with Crippen molar-refractivity contribution < 1.29 is 9.69 Å². The molecule has 106 valence electrons. The molecule has 0 heterocycles. The Morgan fingerprint density at radius 3 is 2.43 bits per heavy atom. The van der Waals surface area contributed by atoms with Gasteiger partial charge in [-0.05, 0) is 24.3 Å². The SMILES string of the molecule is C[NH+](CC(=O)Nc1ccc(C#N)cc1)Cc1ccccc1. The summed E-state index contributed by atoms with van der Waals surface area (Å²) in [7, 11) is 1.99. The first-order valence-corrected chi connectivity index (χ1v) is 6.82. The van der Waals surface area contributed by atoms with Crippen molar-refractivity contribution in [2.75, 3.05) is 18.9 Å². The molecule has 1 atom stereocenters. The minimum absolute atomic E-state index is 0.0341. The molecular weight excluding hydrogens is 262 g/mol. The van der Waals surface area contributed by atoms with Crippen LogP contribution in [0.4, 0.5) is 5.69 Å². The summed E-state index contributed by atoms with van der Waals surface area (Å²) in [4.78, 5) is 13.1. The van der Waals surface area contributed by atoms with E-state index in [4.69, 9.17) is 5.26 Å². The average Bonchev–Trinajstić information content (AvgIpc) is 2.48. The van der Waals surface area contributed by atoms with Crippen LogP contribution in [0.25, 0.3) is 0 Å². The van der Waals surface area contributed by atoms with E-state index in [9.17, 15) is 4.79 Å². The second kappa shape index (κ2) is 7.22. The number of nitriles is 1. The first-order valence-electron chi connectivity index (χ1n) is 6.82. The third-order valence-corrected chi connectivity index (χ3v) is 3.11. The fraction of sp³-hybridized carbons (Fsp3) is 0.176. The normalized spacial score (nSPS) is 11.4. The summed E-state index contributed by atoms with van der Waals surface area (Å²) in [6.07, 6.45) is 0. The number of carbonyl (C=O) groups excluding carboxylic acids is 1. The Morgan fingerprint density at radius 2 is 1.81 bits per heavy atom. The number of amides is 1. The third-order valence-electron chi connectivity index (χ3n) is 3.11. The topological polar surface area (TPSA) is 57.3 Å². The van der Waals surface area contributed by atoms with E-state index in [-0.39, 0.29) is 5.91 Å². The van der Waals surface area contributed by atoms with E-state index < -0.39 is 0 Å². The average molecular weight is 280 g/mol. The number of anilines is 1. The Kier molecular flexibility index (Phi) is 5.08. The second-order valence-electron chi connectivity index (χ2n) is 5.03. The molecule has 2 aromatic rings. The molecule has 1 amide bonds. The number of quaternary nitrogens is 1. The van der Waals surface area contributed by atoms with Crippen LogP contribution in [0, 0.1) is 11.3 Å². The van der Waals surface area contributed by atoms with Crippen LogP contribution in [0.2, 0.25) is 0 Å². The molecule has 2 rings (SSSR count). The van der Waals surface area contributed by atoms with Crippen LogP contribution in [-0.4, -0.2) is 19.5 Å². The number of benzene rings is 2. The van der Waals surface area contributed by atoms with Gasteiger partial charge in [0.25, 0.3) is 5.91 Å². The van der Waals surface area contributed by atoms with E-state index >= 15 is 0 Å². The Labute approximate surface area is 124 Å². The van der Waals surface area contributed by atoms with E-state index in [1.165, 1.54) is 5.56 Å². The van der Waals surface area contributed by atoms with E-state index in [1.807, 2.05) is 25.2 Å². The molecule has 2 N–H and O–H groups in total. The quantitative estimate of drug-likeness (QED) is 0.865. The molecule has 0 fully saturated rings. The summed E-state index contributed by atoms with van der Waals surface area (Å²) in [5, 5.41) is 11.6. The predicted octanol–water partition coefficient (Wildman–Crippen LogP) is 1.21. The van der Waals surface area contributed by atoms with Gasteiger partial charge in [-0.15, -0.1) is 0 Å². The number of nitrogens with zero attached hydrogens (tertiary/aromatic N) is 1. The number of likely N-dealkylation sites (N-methyl/N-ethyl adjacent to an activating group) is 1. The molecule has 21 heavy (non-hydrogen) atoms. The van der Waals surface area contributed by atoms with Crippen molar-refractivity contribution >= 4 is 11.6 Å². The zero-order valence-corrected chi connectivity index (χ0v) is 12.0. The summed E-state index contributed by atoms with van der Waals surface area (Å²) in [6.45, 7) is 1.20. The lowest BCUT2D eigenvalue weighted by molar-refractivity contribution is -0.885. The standard InChI is InChI=1S/C17H17N3O/c1-20(12-15-5-3-2-4-6-15)13-17(21)19-16-9-7-14(11-18)8-10-16/h2-10H,12-13H2,1H3,(H,19,21)/p+1. The largest absolute Gasteiger partial charge is 0.326 e. The van der Waals surface area contributed by atoms with Gasteiger partial charge in [-0.1, -0.05) is 30.3 Å². The van der Waals surface area contributed by atoms with Crippen LogP contribution in [0.15, 0.2) is 54.6 Å². The molecule has 0 aliphatic heterocycles. The zero-order chi connectivity index (χ0) is 15.1. The van der Waals surface area contributed by atoms with Crippen molar-refractivity contribution in [1.29, 1.82) is 5.26 Å². The number of rotatable bonds is 5. The molecule has 0 bridgehead atoms. The van der Waals surface area contributed by atoms with E-state index in [0.717, 1.165) is 11.4 Å². The number of nitrogens with one attached hydrogen (secondary N) is 2. The van der Waals surface area contributed by atoms with Gasteiger partial charge in [-0.25, -0.2) is 0 Å². The van der Waals surface area contributed by atoms with E-state index in [2.05, 4.69) is 23.5 Å². The minimum atomic E-state index is -0.0341. The van der Waals surface area contributed by atoms with Gasteiger partial charge in [-0.3, -0.25) is 4.79 Å². The molecule has 0 aromatic heterocycles. The van der Waals surface area contributed by atoms with Gasteiger partial charge in [-0.2, -0.15) is 5.26 Å². The molecule has 0 aliphatic carbocycles. The van der Waals surface area contributed by atoms with Crippen LogP contribution in [0.5, 0.6) is 0 Å². The molecule has 2 aromatic carbocycles. The highest BCUT2D eigenvalue weighted by Gasteiger charge is 2.10. The lowest BCUT2D eigenvalue weighted by atomic mass is 10.2. The van der Waals surface area contributed by atoms with Crippen molar-refractivity contribution in [2.45, 2.75) is 6.54 Å². The summed E-state index contributed by atoms with van der Waals surface area (Å²) in [6, 6.07) is 19.0. The van der Waals surface area contributed by atoms with Gasteiger partial charge in [0.1, 0.15) is 6.54 Å². The maximum absolute atomic E-state index is 12.0. The van der Waals surface area contributed by atoms with Crippen molar-refractivity contribution in [3.8, 4) is 6.07 Å². The molecule has 4 heteroatoms. The third kappa shape index (κ3) is 4.75. The van der Waals surface area contributed by atoms with Gasteiger partial charge >= 0.3 is 0 Å². The highest BCUT2D eigenvalue weighted by atomic mass is 16.2. The highest BCUT2D eigenvalue weighted by Crippen LogP contribution is 2.08. The Balaban J connectivity index is 1.85. The van der Waals surface area contributed by atoms with Crippen LogP contribution in [0.1, 0.15) is 11.1 Å². The van der Waals surface area contributed by atoms with Crippen molar-refractivity contribution in [1.82, 2.24) is 0 Å². The first kappa shape index (κ1) is 14.8. The maximum atomic E-state index is 12.0. The second-order valence-corrected chi connectivity index (χ2v) is 5.03. The molecule has 0 radical (unpaired) electrons. The Hall–Kier alpha value is -2.64. The Morgan fingerprint density at radius 1 is 1.14 bits per heavy atom. The molecule has 1 unspecified atom stereocenters. The smallest absolute Gasteiger partial charge is 0.279 e. The van der Waals surface area contributed by atoms with Crippen molar-refractivity contribution in [3.05, 3.63) is 65.7 Å². The van der Waals surface area contributed by atoms with Crippen LogP contribution >= 0.6 is 0 Å². The van der Waals surface area contributed by atoms with Crippen LogP contribution < -0.4 is 10.2 Å². The molecule has 0 saturated carbocycles. The Bertz CT molecular complexity index is 629. The molecular formula is C17H18N3O+. The van der Waals surface area contributed by atoms with Gasteiger partial charge in [0.05, 0.1) is 18.7 Å². The first-order chi connectivity index (χ1) is 10.2. The van der Waals surface area contributed by atoms with Gasteiger partial charge < -0.3 is 10.2 Å². The number of hydrogen-bond donors (Lipinski definition) is 2. The summed E-state index contributed by atoms with van der Waals surface area (Å²) < 4.78 is 0.